The molecule has 0 heterocycles. The molecule has 5 nitrogen and oxygen atoms in total. The van der Waals surface area contributed by atoms with Crippen LogP contribution in [-0.4, -0.2) is 53.6 Å². The molecule has 1 atom stereocenters. The molecule has 0 spiro atoms. The number of urea groups is 1. The summed E-state index contributed by atoms with van der Waals surface area (Å²) in [7, 11) is 1.69. The van der Waals surface area contributed by atoms with E-state index in [1.807, 2.05) is 13.8 Å². The topological polar surface area (TPSA) is 60.9 Å². The number of hydrogen-bond donors (Lipinski definition) is 1. The lowest BCUT2D eigenvalue weighted by Crippen LogP contribution is -2.44. The Hall–Kier alpha value is -1.52. The van der Waals surface area contributed by atoms with Crippen LogP contribution in [0.1, 0.15) is 20.8 Å². The van der Waals surface area contributed by atoms with E-state index in [2.05, 4.69) is 6.58 Å². The Kier molecular flexibility index (Phi) is 6.31. The zero-order valence-electron chi connectivity index (χ0n) is 11.1. The van der Waals surface area contributed by atoms with Crippen LogP contribution in [0.3, 0.4) is 0 Å². The first-order valence-corrected chi connectivity index (χ1v) is 5.66. The number of likely N-dealkylation sites (N-methyl/N-ethyl adjacent to an activating group) is 1. The maximum atomic E-state index is 12.0. The van der Waals surface area contributed by atoms with Crippen molar-refractivity contribution in [3.8, 4) is 0 Å². The molecule has 0 aliphatic carbocycles. The molecule has 0 aromatic heterocycles. The third kappa shape index (κ3) is 5.38. The van der Waals surface area contributed by atoms with Crippen molar-refractivity contribution in [3.05, 3.63) is 12.2 Å². The van der Waals surface area contributed by atoms with Gasteiger partial charge in [0, 0.05) is 26.7 Å². The summed E-state index contributed by atoms with van der Waals surface area (Å²) in [4.78, 5) is 25.8. The predicted molar refractivity (Wildman–Crippen MR) is 66.9 cm³/mol. The normalized spacial score (nSPS) is 11.8. The number of aliphatic carboxylic acids is 1. The van der Waals surface area contributed by atoms with Crippen molar-refractivity contribution in [1.29, 1.82) is 0 Å². The average Bonchev–Trinajstić information content (AvgIpc) is 2.23. The van der Waals surface area contributed by atoms with Crippen LogP contribution in [0.25, 0.3) is 0 Å². The van der Waals surface area contributed by atoms with E-state index in [1.54, 1.807) is 18.9 Å². The smallest absolute Gasteiger partial charge is 0.320 e. The van der Waals surface area contributed by atoms with Gasteiger partial charge in [-0.15, -0.1) is 0 Å². The number of hydrogen-bond acceptors (Lipinski definition) is 2. The van der Waals surface area contributed by atoms with E-state index in [-0.39, 0.29) is 12.6 Å². The summed E-state index contributed by atoms with van der Waals surface area (Å²) in [5, 5.41) is 8.83. The molecule has 0 radical (unpaired) electrons. The lowest BCUT2D eigenvalue weighted by Gasteiger charge is -2.28. The first kappa shape index (κ1) is 15.5. The Morgan fingerprint density at radius 3 is 2.29 bits per heavy atom. The first-order valence-electron chi connectivity index (χ1n) is 5.66. The second kappa shape index (κ2) is 6.93. The lowest BCUT2D eigenvalue weighted by molar-refractivity contribution is -0.141. The van der Waals surface area contributed by atoms with Gasteiger partial charge in [-0.1, -0.05) is 19.1 Å². The van der Waals surface area contributed by atoms with Gasteiger partial charge in [0.1, 0.15) is 0 Å². The minimum atomic E-state index is -0.890. The maximum Gasteiger partial charge on any atom is 0.320 e. The number of carboxylic acid groups (broad SMARTS) is 1. The second-order valence-electron chi connectivity index (χ2n) is 4.37. The van der Waals surface area contributed by atoms with Gasteiger partial charge in [-0.3, -0.25) is 4.79 Å². The monoisotopic (exact) mass is 242 g/mol. The Morgan fingerprint density at radius 2 is 1.94 bits per heavy atom. The number of rotatable bonds is 6. The molecule has 0 aliphatic rings. The van der Waals surface area contributed by atoms with Gasteiger partial charge in [0.25, 0.3) is 0 Å². The molecule has 17 heavy (non-hydrogen) atoms. The summed E-state index contributed by atoms with van der Waals surface area (Å²) in [6, 6.07) is -0.163. The van der Waals surface area contributed by atoms with Crippen LogP contribution in [0.5, 0.6) is 0 Å². The summed E-state index contributed by atoms with van der Waals surface area (Å²) >= 11 is 0. The first-order chi connectivity index (χ1) is 7.79. The fraction of sp³-hybridized carbons (Fsp3) is 0.667. The van der Waals surface area contributed by atoms with Crippen molar-refractivity contribution in [2.24, 2.45) is 5.92 Å². The van der Waals surface area contributed by atoms with E-state index in [0.29, 0.717) is 13.1 Å². The summed E-state index contributed by atoms with van der Waals surface area (Å²) in [6.07, 6.45) is 0. The van der Waals surface area contributed by atoms with Crippen LogP contribution in [0.4, 0.5) is 4.79 Å². The van der Waals surface area contributed by atoms with Crippen LogP contribution >= 0.6 is 0 Å². The van der Waals surface area contributed by atoms with E-state index in [4.69, 9.17) is 5.11 Å². The minimum absolute atomic E-state index is 0.163. The maximum absolute atomic E-state index is 12.0. The van der Waals surface area contributed by atoms with Crippen LogP contribution in [0.2, 0.25) is 0 Å². The van der Waals surface area contributed by atoms with Crippen LogP contribution in [-0.2, 0) is 4.79 Å². The molecule has 0 aromatic carbocycles. The van der Waals surface area contributed by atoms with Crippen molar-refractivity contribution >= 4 is 12.0 Å². The highest BCUT2D eigenvalue weighted by atomic mass is 16.4. The zero-order chi connectivity index (χ0) is 13.6. The van der Waals surface area contributed by atoms with Crippen LogP contribution in [0, 0.1) is 5.92 Å². The molecule has 0 bridgehead atoms. The van der Waals surface area contributed by atoms with Gasteiger partial charge in [0.05, 0.1) is 5.92 Å². The summed E-state index contributed by atoms with van der Waals surface area (Å²) in [5.41, 5.74) is 0.892. The predicted octanol–water partition coefficient (Wildman–Crippen LogP) is 1.66. The van der Waals surface area contributed by atoms with E-state index >= 15 is 0 Å². The molecule has 98 valence electrons. The van der Waals surface area contributed by atoms with Gasteiger partial charge >= 0.3 is 12.0 Å². The Labute approximate surface area is 103 Å². The molecule has 0 fully saturated rings. The number of carbonyl (C=O) groups is 2. The van der Waals surface area contributed by atoms with E-state index in [9.17, 15) is 9.59 Å². The summed E-state index contributed by atoms with van der Waals surface area (Å²) < 4.78 is 0. The second-order valence-corrected chi connectivity index (χ2v) is 4.37. The molecule has 2 amide bonds. The van der Waals surface area contributed by atoms with Crippen LogP contribution < -0.4 is 0 Å². The van der Waals surface area contributed by atoms with Crippen molar-refractivity contribution in [1.82, 2.24) is 9.80 Å². The van der Waals surface area contributed by atoms with E-state index in [1.165, 1.54) is 4.90 Å². The largest absolute Gasteiger partial charge is 0.481 e. The fourth-order valence-electron chi connectivity index (χ4n) is 1.47. The molecule has 1 N–H and O–H groups in total. The van der Waals surface area contributed by atoms with Gasteiger partial charge < -0.3 is 14.9 Å². The average molecular weight is 242 g/mol. The number of nitrogens with zero attached hydrogens (tertiary/aromatic N) is 2. The molecule has 0 saturated heterocycles. The Bertz CT molecular complexity index is 302. The van der Waals surface area contributed by atoms with Crippen LogP contribution in [0.15, 0.2) is 12.2 Å². The quantitative estimate of drug-likeness (QED) is 0.720. The number of carboxylic acids is 1. The SMILES string of the molecule is C=C(C)CN(C)C(=O)N(CC)CC(C)C(=O)O. The van der Waals surface area contributed by atoms with E-state index in [0.717, 1.165) is 5.57 Å². The molecular formula is C12H22N2O3. The van der Waals surface area contributed by atoms with Crippen molar-refractivity contribution < 1.29 is 14.7 Å². The van der Waals surface area contributed by atoms with Crippen molar-refractivity contribution in [2.45, 2.75) is 20.8 Å². The molecule has 5 heteroatoms. The molecule has 0 aliphatic heterocycles. The third-order valence-corrected chi connectivity index (χ3v) is 2.40. The standard InChI is InChI=1S/C12H22N2O3/c1-6-14(8-10(4)11(15)16)12(17)13(5)7-9(2)3/h10H,2,6-8H2,1,3-5H3,(H,15,16). The Balaban J connectivity index is 4.49. The summed E-state index contributed by atoms with van der Waals surface area (Å²) in [6.45, 7) is 10.2. The van der Waals surface area contributed by atoms with Gasteiger partial charge in [0.15, 0.2) is 0 Å². The highest BCUT2D eigenvalue weighted by Crippen LogP contribution is 2.05. The molecule has 0 aromatic rings. The minimum Gasteiger partial charge on any atom is -0.481 e. The highest BCUT2D eigenvalue weighted by Gasteiger charge is 2.21. The van der Waals surface area contributed by atoms with Gasteiger partial charge in [0.2, 0.25) is 0 Å². The number of carbonyl (C=O) groups excluding carboxylic acids is 1. The molecular weight excluding hydrogens is 220 g/mol. The summed E-state index contributed by atoms with van der Waals surface area (Å²) in [5.74, 6) is -1.45. The van der Waals surface area contributed by atoms with Gasteiger partial charge in [-0.25, -0.2) is 4.79 Å². The molecule has 1 unspecified atom stereocenters. The molecule has 0 rings (SSSR count). The lowest BCUT2D eigenvalue weighted by atomic mass is 10.2. The zero-order valence-corrected chi connectivity index (χ0v) is 11.1. The van der Waals surface area contributed by atoms with E-state index < -0.39 is 11.9 Å². The van der Waals surface area contributed by atoms with Gasteiger partial charge in [-0.2, -0.15) is 0 Å². The van der Waals surface area contributed by atoms with Crippen molar-refractivity contribution in [3.63, 3.8) is 0 Å². The van der Waals surface area contributed by atoms with Crippen molar-refractivity contribution in [2.75, 3.05) is 26.7 Å². The molecule has 0 saturated carbocycles. The highest BCUT2D eigenvalue weighted by molar-refractivity contribution is 5.76. The fourth-order valence-corrected chi connectivity index (χ4v) is 1.47. The number of amides is 2. The van der Waals surface area contributed by atoms with Gasteiger partial charge in [-0.05, 0) is 13.8 Å². The third-order valence-electron chi connectivity index (χ3n) is 2.40. The Morgan fingerprint density at radius 1 is 1.41 bits per heavy atom.